The summed E-state index contributed by atoms with van der Waals surface area (Å²) in [5, 5.41) is 1.70. The van der Waals surface area contributed by atoms with E-state index in [1.807, 2.05) is 0 Å². The van der Waals surface area contributed by atoms with Gasteiger partial charge in [0, 0.05) is 13.1 Å². The van der Waals surface area contributed by atoms with Crippen molar-refractivity contribution in [2.75, 3.05) is 19.7 Å². The lowest BCUT2D eigenvalue weighted by molar-refractivity contribution is -0.127. The van der Waals surface area contributed by atoms with Crippen LogP contribution in [0.1, 0.15) is 6.42 Å². The van der Waals surface area contributed by atoms with Gasteiger partial charge in [-0.2, -0.15) is 4.31 Å². The summed E-state index contributed by atoms with van der Waals surface area (Å²) in [6, 6.07) is 2.78. The number of carbonyl (C=O) groups is 2. The van der Waals surface area contributed by atoms with Crippen LogP contribution in [0.4, 0.5) is 4.79 Å². The predicted octanol–water partition coefficient (Wildman–Crippen LogP) is 0.490. The van der Waals surface area contributed by atoms with Gasteiger partial charge in [-0.25, -0.2) is 18.1 Å². The van der Waals surface area contributed by atoms with Gasteiger partial charge in [-0.15, -0.1) is 11.3 Å². The van der Waals surface area contributed by atoms with Crippen LogP contribution < -0.4 is 0 Å². The molecule has 0 N–H and O–H groups in total. The molecular formula is C11H12N2O5S2. The number of hydrogen-bond acceptors (Lipinski definition) is 6. The Kier molecular flexibility index (Phi) is 3.27. The van der Waals surface area contributed by atoms with Gasteiger partial charge in [0.1, 0.15) is 4.21 Å². The fraction of sp³-hybridized carbons (Fsp3) is 0.455. The molecule has 108 valence electrons. The fourth-order valence-electron chi connectivity index (χ4n) is 2.39. The molecule has 0 radical (unpaired) electrons. The third-order valence-electron chi connectivity index (χ3n) is 3.36. The van der Waals surface area contributed by atoms with Gasteiger partial charge in [-0.05, 0) is 17.9 Å². The van der Waals surface area contributed by atoms with E-state index in [9.17, 15) is 18.0 Å². The Labute approximate surface area is 119 Å². The first-order valence-corrected chi connectivity index (χ1v) is 8.34. The number of amides is 2. The van der Waals surface area contributed by atoms with Crippen molar-refractivity contribution < 1.29 is 22.7 Å². The minimum Gasteiger partial charge on any atom is -0.439 e. The molecule has 3 heterocycles. The number of hydrogen-bond donors (Lipinski definition) is 0. The molecule has 0 spiro atoms. The van der Waals surface area contributed by atoms with Crippen LogP contribution in [-0.4, -0.2) is 55.4 Å². The smallest absolute Gasteiger partial charge is 0.417 e. The highest BCUT2D eigenvalue weighted by molar-refractivity contribution is 7.91. The van der Waals surface area contributed by atoms with E-state index in [1.165, 1.54) is 4.31 Å². The maximum Gasteiger partial charge on any atom is 0.417 e. The van der Waals surface area contributed by atoms with E-state index in [-0.39, 0.29) is 17.4 Å². The number of imide groups is 1. The first kappa shape index (κ1) is 13.5. The number of sulfonamides is 1. The highest BCUT2D eigenvalue weighted by atomic mass is 32.2. The molecular weight excluding hydrogens is 304 g/mol. The second-order valence-electron chi connectivity index (χ2n) is 4.56. The molecule has 2 saturated heterocycles. The minimum absolute atomic E-state index is 0.126. The summed E-state index contributed by atoms with van der Waals surface area (Å²) in [6.07, 6.45) is -0.249. The van der Waals surface area contributed by atoms with E-state index in [1.54, 1.807) is 17.5 Å². The Balaban J connectivity index is 1.77. The number of cyclic esters (lactones) is 1. The second kappa shape index (κ2) is 4.83. The molecule has 0 bridgehead atoms. The number of thiophene rings is 1. The van der Waals surface area contributed by atoms with Crippen molar-refractivity contribution in [2.45, 2.75) is 16.7 Å². The van der Waals surface area contributed by atoms with Gasteiger partial charge in [0.15, 0.2) is 6.61 Å². The van der Waals surface area contributed by atoms with Gasteiger partial charge in [0.05, 0.1) is 6.04 Å². The lowest BCUT2D eigenvalue weighted by atomic mass is 10.2. The first-order valence-electron chi connectivity index (χ1n) is 6.02. The molecule has 2 aliphatic heterocycles. The van der Waals surface area contributed by atoms with Crippen LogP contribution in [0, 0.1) is 0 Å². The molecule has 7 nitrogen and oxygen atoms in total. The summed E-state index contributed by atoms with van der Waals surface area (Å²) in [5.74, 6) is -0.407. The molecule has 1 aromatic heterocycles. The van der Waals surface area contributed by atoms with E-state index in [4.69, 9.17) is 0 Å². The largest absolute Gasteiger partial charge is 0.439 e. The summed E-state index contributed by atoms with van der Waals surface area (Å²) >= 11 is 1.15. The van der Waals surface area contributed by atoms with Gasteiger partial charge in [0.2, 0.25) is 0 Å². The summed E-state index contributed by atoms with van der Waals surface area (Å²) in [4.78, 5) is 24.1. The molecule has 1 atom stereocenters. The average Bonchev–Trinajstić information content (AvgIpc) is 3.10. The van der Waals surface area contributed by atoms with Crippen LogP contribution in [0.3, 0.4) is 0 Å². The number of ether oxygens (including phenoxy) is 1. The number of nitrogens with zero attached hydrogens (tertiary/aromatic N) is 2. The predicted molar refractivity (Wildman–Crippen MR) is 69.7 cm³/mol. The van der Waals surface area contributed by atoms with Crippen LogP contribution in [0.15, 0.2) is 21.7 Å². The Morgan fingerprint density at radius 3 is 2.75 bits per heavy atom. The van der Waals surface area contributed by atoms with Gasteiger partial charge >= 0.3 is 6.09 Å². The summed E-state index contributed by atoms with van der Waals surface area (Å²) in [6.45, 7) is 0.163. The van der Waals surface area contributed by atoms with Crippen molar-refractivity contribution in [2.24, 2.45) is 0 Å². The van der Waals surface area contributed by atoms with Crippen molar-refractivity contribution >= 4 is 33.4 Å². The zero-order chi connectivity index (χ0) is 14.3. The van der Waals surface area contributed by atoms with Gasteiger partial charge in [-0.3, -0.25) is 4.79 Å². The Bertz CT molecular complexity index is 624. The molecule has 2 amide bonds. The van der Waals surface area contributed by atoms with Crippen molar-refractivity contribution in [3.05, 3.63) is 17.5 Å². The molecule has 0 saturated carbocycles. The molecule has 3 rings (SSSR count). The van der Waals surface area contributed by atoms with Crippen LogP contribution in [-0.2, 0) is 19.6 Å². The van der Waals surface area contributed by atoms with Gasteiger partial charge < -0.3 is 4.74 Å². The second-order valence-corrected chi connectivity index (χ2v) is 7.67. The van der Waals surface area contributed by atoms with Crippen LogP contribution in [0.5, 0.6) is 0 Å². The minimum atomic E-state index is -3.53. The monoisotopic (exact) mass is 316 g/mol. The zero-order valence-corrected chi connectivity index (χ0v) is 12.0. The molecule has 0 aromatic carbocycles. The third kappa shape index (κ3) is 2.11. The van der Waals surface area contributed by atoms with Gasteiger partial charge in [-0.1, -0.05) is 6.07 Å². The van der Waals surface area contributed by atoms with Crippen molar-refractivity contribution in [3.8, 4) is 0 Å². The van der Waals surface area contributed by atoms with Crippen molar-refractivity contribution in [1.29, 1.82) is 0 Å². The quantitative estimate of drug-likeness (QED) is 0.810. The number of carbonyl (C=O) groups excluding carboxylic acids is 2. The zero-order valence-electron chi connectivity index (χ0n) is 10.4. The van der Waals surface area contributed by atoms with E-state index in [0.717, 1.165) is 16.2 Å². The Morgan fingerprint density at radius 1 is 1.35 bits per heavy atom. The Morgan fingerprint density at radius 2 is 2.15 bits per heavy atom. The molecule has 2 fully saturated rings. The molecule has 1 aromatic rings. The van der Waals surface area contributed by atoms with Crippen molar-refractivity contribution in [3.63, 3.8) is 0 Å². The van der Waals surface area contributed by atoms with Crippen LogP contribution in [0.2, 0.25) is 0 Å². The first-order chi connectivity index (χ1) is 9.50. The third-order valence-corrected chi connectivity index (χ3v) is 6.60. The SMILES string of the molecule is O=C1COC(=O)N1[C@@H]1CCN(S(=O)(=O)c2cccs2)C1. The summed E-state index contributed by atoms with van der Waals surface area (Å²) in [7, 11) is -3.53. The summed E-state index contributed by atoms with van der Waals surface area (Å²) in [5.41, 5.74) is 0. The molecule has 0 aliphatic carbocycles. The van der Waals surface area contributed by atoms with E-state index in [0.29, 0.717) is 13.0 Å². The standard InChI is InChI=1S/C11H12N2O5S2/c14-9-7-18-11(15)13(9)8-3-4-12(6-8)20(16,17)10-2-1-5-19-10/h1-2,5,8H,3-4,6-7H2/t8-/m1/s1. The maximum absolute atomic E-state index is 12.3. The summed E-state index contributed by atoms with van der Waals surface area (Å²) < 4.78 is 30.9. The maximum atomic E-state index is 12.3. The normalized spacial score (nSPS) is 24.4. The Hall–Kier alpha value is -1.45. The van der Waals surface area contributed by atoms with E-state index < -0.39 is 28.1 Å². The average molecular weight is 316 g/mol. The highest BCUT2D eigenvalue weighted by Crippen LogP contribution is 2.27. The highest BCUT2D eigenvalue weighted by Gasteiger charge is 2.43. The van der Waals surface area contributed by atoms with E-state index in [2.05, 4.69) is 4.74 Å². The van der Waals surface area contributed by atoms with Gasteiger partial charge in [0.25, 0.3) is 15.9 Å². The molecule has 2 aliphatic rings. The molecule has 20 heavy (non-hydrogen) atoms. The lowest BCUT2D eigenvalue weighted by Crippen LogP contribution is -2.41. The van der Waals surface area contributed by atoms with Crippen molar-refractivity contribution in [1.82, 2.24) is 9.21 Å². The number of rotatable bonds is 3. The molecule has 9 heteroatoms. The molecule has 0 unspecified atom stereocenters. The topological polar surface area (TPSA) is 84.0 Å². The van der Waals surface area contributed by atoms with Crippen LogP contribution >= 0.6 is 11.3 Å². The fourth-order valence-corrected chi connectivity index (χ4v) is 5.03. The lowest BCUT2D eigenvalue weighted by Gasteiger charge is -2.19. The van der Waals surface area contributed by atoms with Crippen LogP contribution in [0.25, 0.3) is 0 Å². The van der Waals surface area contributed by atoms with E-state index >= 15 is 0 Å².